The van der Waals surface area contributed by atoms with E-state index in [1.807, 2.05) is 91.8 Å². The molecule has 1 aromatic carbocycles. The smallest absolute Gasteiger partial charge is 0.410 e. The summed E-state index contributed by atoms with van der Waals surface area (Å²) >= 11 is 0. The zero-order valence-electron chi connectivity index (χ0n) is 40.8. The van der Waals surface area contributed by atoms with E-state index in [0.29, 0.717) is 31.7 Å². The van der Waals surface area contributed by atoms with E-state index in [0.717, 1.165) is 31.2 Å². The van der Waals surface area contributed by atoms with Crippen LogP contribution >= 0.6 is 0 Å². The first-order valence-corrected chi connectivity index (χ1v) is 23.6. The first kappa shape index (κ1) is 53.5. The maximum Gasteiger partial charge on any atom is 0.410 e. The fourth-order valence-electron chi connectivity index (χ4n) is 9.57. The van der Waals surface area contributed by atoms with Crippen LogP contribution in [0.2, 0.25) is 0 Å². The standard InChI is InChI=1S/C50H82N4O9/c1-14-34(7)45(52(10)49(59)43(31(2)3)51-48(58)44(32(4)5)53(11)50(60)63-38-24-19-18-21-33(6)26-27-38)41(61-12)30-42(56)54-28-20-25-39(54)47(62-13)36(9)40(55)29-35(8)46(57)37-22-16-15-17-23-37/h15-17,19,22-24,31-36,38-39,41,43-47,57H,14,18,20-21,25-30H2,1-13H3,(H,51,58)/b24-19+/t33-,34-,35-,36-,38-,39-,41+,43-,44-,45-,46+,47+/m0/s1. The number of amides is 4. The number of hydrogen-bond acceptors (Lipinski definition) is 9. The molecule has 2 N–H and O–H groups in total. The van der Waals surface area contributed by atoms with Gasteiger partial charge in [-0.15, -0.1) is 0 Å². The van der Waals surface area contributed by atoms with Crippen LogP contribution in [0.25, 0.3) is 0 Å². The van der Waals surface area contributed by atoms with Crippen LogP contribution in [0.4, 0.5) is 4.79 Å². The van der Waals surface area contributed by atoms with E-state index < -0.39 is 54.4 Å². The van der Waals surface area contributed by atoms with E-state index in [2.05, 4.69) is 18.3 Å². The van der Waals surface area contributed by atoms with Crippen molar-refractivity contribution >= 4 is 29.6 Å². The molecule has 4 amide bonds. The van der Waals surface area contributed by atoms with Gasteiger partial charge in [0.05, 0.1) is 36.8 Å². The third kappa shape index (κ3) is 14.6. The summed E-state index contributed by atoms with van der Waals surface area (Å²) in [6.07, 6.45) is 6.98. The van der Waals surface area contributed by atoms with Crippen molar-refractivity contribution in [3.05, 3.63) is 48.0 Å². The molecule has 63 heavy (non-hydrogen) atoms. The highest BCUT2D eigenvalue weighted by Gasteiger charge is 2.44. The van der Waals surface area contributed by atoms with Gasteiger partial charge in [0.2, 0.25) is 17.7 Å². The van der Waals surface area contributed by atoms with E-state index in [-0.39, 0.29) is 66.3 Å². The Balaban J connectivity index is 1.76. The number of carbonyl (C=O) groups excluding carboxylic acids is 5. The van der Waals surface area contributed by atoms with Gasteiger partial charge in [-0.2, -0.15) is 0 Å². The van der Waals surface area contributed by atoms with Gasteiger partial charge in [-0.3, -0.25) is 24.1 Å². The lowest BCUT2D eigenvalue weighted by molar-refractivity contribution is -0.148. The number of nitrogens with zero attached hydrogens (tertiary/aromatic N) is 3. The maximum atomic E-state index is 14.6. The Morgan fingerprint density at radius 2 is 1.52 bits per heavy atom. The molecule has 2 aliphatic rings. The number of aliphatic hydroxyl groups is 1. The summed E-state index contributed by atoms with van der Waals surface area (Å²) in [4.78, 5) is 75.0. The van der Waals surface area contributed by atoms with E-state index in [1.54, 1.807) is 38.1 Å². The van der Waals surface area contributed by atoms with Crippen molar-refractivity contribution in [2.75, 3.05) is 34.9 Å². The summed E-state index contributed by atoms with van der Waals surface area (Å²) in [5.41, 5.74) is 0.760. The predicted octanol–water partition coefficient (Wildman–Crippen LogP) is 7.60. The second kappa shape index (κ2) is 25.6. The molecule has 12 atom stereocenters. The topological polar surface area (TPSA) is 155 Å². The molecule has 0 unspecified atom stereocenters. The van der Waals surface area contributed by atoms with Crippen molar-refractivity contribution in [1.82, 2.24) is 20.0 Å². The maximum absolute atomic E-state index is 14.6. The van der Waals surface area contributed by atoms with Gasteiger partial charge in [0, 0.05) is 47.2 Å². The van der Waals surface area contributed by atoms with E-state index in [1.165, 1.54) is 4.90 Å². The van der Waals surface area contributed by atoms with Gasteiger partial charge < -0.3 is 34.4 Å². The van der Waals surface area contributed by atoms with Gasteiger partial charge in [-0.1, -0.05) is 105 Å². The first-order chi connectivity index (χ1) is 29.8. The lowest BCUT2D eigenvalue weighted by atomic mass is 9.85. The van der Waals surface area contributed by atoms with Crippen molar-refractivity contribution in [1.29, 1.82) is 0 Å². The van der Waals surface area contributed by atoms with E-state index in [4.69, 9.17) is 14.2 Å². The SMILES string of the molecule is CC[C@H](C)[C@@H]([C@@H](CC(=O)N1CCC[C@H]1[C@H](OC)[C@@H](C)C(=O)C[C@H](C)[C@@H](O)c1ccccc1)OC)N(C)C(=O)[C@@H](NC(=O)[C@H](C(C)C)N(C)C(=O)O[C@H]1/C=C/CC[C@H](C)CC1)C(C)C. The minimum atomic E-state index is -0.927. The lowest BCUT2D eigenvalue weighted by Crippen LogP contribution is -2.60. The zero-order chi connectivity index (χ0) is 47.1. The molecule has 0 aromatic heterocycles. The highest BCUT2D eigenvalue weighted by molar-refractivity contribution is 5.92. The number of rotatable bonds is 22. The molecule has 1 fully saturated rings. The molecule has 13 nitrogen and oxygen atoms in total. The van der Waals surface area contributed by atoms with E-state index >= 15 is 0 Å². The number of allylic oxidation sites excluding steroid dienone is 1. The Kier molecular flexibility index (Phi) is 21.8. The Bertz CT molecular complexity index is 1640. The number of ketones is 1. The van der Waals surface area contributed by atoms with Gasteiger partial charge >= 0.3 is 6.09 Å². The second-order valence-electron chi connectivity index (χ2n) is 19.2. The molecular weight excluding hydrogens is 801 g/mol. The summed E-state index contributed by atoms with van der Waals surface area (Å²) in [6, 6.07) is 6.63. The molecule has 13 heteroatoms. The monoisotopic (exact) mass is 883 g/mol. The van der Waals surface area contributed by atoms with Crippen LogP contribution in [-0.2, 0) is 33.4 Å². The average Bonchev–Trinajstić information content (AvgIpc) is 3.74. The molecule has 0 saturated carbocycles. The molecule has 3 rings (SSSR count). The molecule has 0 radical (unpaired) electrons. The number of likely N-dealkylation sites (N-methyl/N-ethyl adjacent to an activating group) is 2. The number of hydrogen-bond donors (Lipinski definition) is 2. The van der Waals surface area contributed by atoms with Crippen molar-refractivity contribution in [3.63, 3.8) is 0 Å². The fourth-order valence-corrected chi connectivity index (χ4v) is 9.57. The van der Waals surface area contributed by atoms with Crippen molar-refractivity contribution in [2.45, 2.75) is 169 Å². The van der Waals surface area contributed by atoms with Gasteiger partial charge in [0.15, 0.2) is 0 Å². The number of methoxy groups -OCH3 is 2. The minimum Gasteiger partial charge on any atom is -0.442 e. The van der Waals surface area contributed by atoms with Crippen LogP contribution in [0.15, 0.2) is 42.5 Å². The average molecular weight is 883 g/mol. The number of aliphatic hydroxyl groups excluding tert-OH is 1. The van der Waals surface area contributed by atoms with Crippen LogP contribution in [0.3, 0.4) is 0 Å². The highest BCUT2D eigenvalue weighted by atomic mass is 16.6. The second-order valence-corrected chi connectivity index (χ2v) is 19.2. The molecule has 1 saturated heterocycles. The van der Waals surface area contributed by atoms with Gasteiger partial charge in [-0.25, -0.2) is 4.79 Å². The molecule has 1 aliphatic carbocycles. The summed E-state index contributed by atoms with van der Waals surface area (Å²) < 4.78 is 18.0. The Morgan fingerprint density at radius 1 is 0.857 bits per heavy atom. The number of likely N-dealkylation sites (tertiary alicyclic amines) is 1. The summed E-state index contributed by atoms with van der Waals surface area (Å²) in [5.74, 6) is -1.93. The number of Topliss-reactive ketones (excluding diaryl/α,β-unsaturated/α-hetero) is 1. The number of carbonyl (C=O) groups is 5. The molecular formula is C50H82N4O9. The molecule has 1 aromatic rings. The largest absolute Gasteiger partial charge is 0.442 e. The Hall–Kier alpha value is -3.81. The van der Waals surface area contributed by atoms with Crippen LogP contribution in [0.5, 0.6) is 0 Å². The Labute approximate surface area is 379 Å². The quantitative estimate of drug-likeness (QED) is 0.112. The number of ether oxygens (including phenoxy) is 3. The molecule has 0 spiro atoms. The van der Waals surface area contributed by atoms with Gasteiger partial charge in [0.25, 0.3) is 0 Å². The lowest BCUT2D eigenvalue weighted by Gasteiger charge is -2.41. The van der Waals surface area contributed by atoms with Crippen LogP contribution in [0.1, 0.15) is 132 Å². The van der Waals surface area contributed by atoms with Gasteiger partial charge in [0.1, 0.15) is 24.0 Å². The van der Waals surface area contributed by atoms with Crippen LogP contribution < -0.4 is 5.32 Å². The molecule has 356 valence electrons. The summed E-state index contributed by atoms with van der Waals surface area (Å²) in [5, 5.41) is 14.0. The van der Waals surface area contributed by atoms with Crippen LogP contribution in [0, 0.1) is 35.5 Å². The predicted molar refractivity (Wildman–Crippen MR) is 247 cm³/mol. The van der Waals surface area contributed by atoms with Crippen LogP contribution in [-0.4, -0.2) is 127 Å². The zero-order valence-corrected chi connectivity index (χ0v) is 40.8. The van der Waals surface area contributed by atoms with Gasteiger partial charge in [-0.05, 0) is 79.8 Å². The van der Waals surface area contributed by atoms with Crippen molar-refractivity contribution < 1.29 is 43.3 Å². The minimum absolute atomic E-state index is 0.00514. The van der Waals surface area contributed by atoms with Crippen molar-refractivity contribution in [3.8, 4) is 0 Å². The first-order valence-electron chi connectivity index (χ1n) is 23.6. The Morgan fingerprint density at radius 3 is 2.11 bits per heavy atom. The highest BCUT2D eigenvalue weighted by Crippen LogP contribution is 2.32. The van der Waals surface area contributed by atoms with E-state index in [9.17, 15) is 29.1 Å². The molecule has 1 heterocycles. The fraction of sp³-hybridized carbons (Fsp3) is 0.740. The summed E-state index contributed by atoms with van der Waals surface area (Å²) in [7, 11) is 6.39. The number of nitrogens with one attached hydrogen (secondary N) is 1. The third-order valence-corrected chi connectivity index (χ3v) is 13.8. The molecule has 1 aliphatic heterocycles. The summed E-state index contributed by atoms with van der Waals surface area (Å²) in [6.45, 7) is 17.9. The number of benzene rings is 1. The third-order valence-electron chi connectivity index (χ3n) is 13.8. The van der Waals surface area contributed by atoms with Crippen molar-refractivity contribution in [2.24, 2.45) is 35.5 Å². The normalized spacial score (nSPS) is 22.9. The molecule has 0 bridgehead atoms.